The summed E-state index contributed by atoms with van der Waals surface area (Å²) in [5, 5.41) is 4.06. The van der Waals surface area contributed by atoms with E-state index in [2.05, 4.69) is 10.1 Å². The molecule has 0 aliphatic rings. The Morgan fingerprint density at radius 1 is 0.960 bits per heavy atom. The number of benzene rings is 2. The molecule has 0 aliphatic heterocycles. The van der Waals surface area contributed by atoms with Crippen LogP contribution in [0.5, 0.6) is 0 Å². The van der Waals surface area contributed by atoms with Gasteiger partial charge >= 0.3 is 6.18 Å². The molecule has 1 unspecified atom stereocenters. The van der Waals surface area contributed by atoms with Crippen LogP contribution in [0.1, 0.15) is 23.6 Å². The maximum Gasteiger partial charge on any atom is 0.416 e. The highest BCUT2D eigenvalue weighted by atomic mass is 19.4. The highest BCUT2D eigenvalue weighted by Gasteiger charge is 2.43. The summed E-state index contributed by atoms with van der Waals surface area (Å²) >= 11 is 0. The fourth-order valence-electron chi connectivity index (χ4n) is 2.98. The minimum absolute atomic E-state index is 0.173. The molecule has 0 amide bonds. The summed E-state index contributed by atoms with van der Waals surface area (Å²) in [4.78, 5) is 16.6. The molecule has 7 heteroatoms. The van der Waals surface area contributed by atoms with Gasteiger partial charge in [0.2, 0.25) is 0 Å². The maximum absolute atomic E-state index is 13.2. The Hall–Kier alpha value is -2.96. The molecule has 0 fully saturated rings. The molecule has 3 rings (SSSR count). The second kappa shape index (κ2) is 6.16. The number of carbonyl (C=O) groups is 1. The third kappa shape index (κ3) is 2.82. The Morgan fingerprint density at radius 2 is 1.60 bits per heavy atom. The zero-order chi connectivity index (χ0) is 18.1. The summed E-state index contributed by atoms with van der Waals surface area (Å²) in [6.45, 7) is 1.33. The van der Waals surface area contributed by atoms with Gasteiger partial charge in [0.25, 0.3) is 0 Å². The number of hydrogen-bond acceptors (Lipinski definition) is 3. The summed E-state index contributed by atoms with van der Waals surface area (Å²) in [6.07, 6.45) is -1.94. The van der Waals surface area contributed by atoms with Gasteiger partial charge in [0, 0.05) is 0 Å². The SMILES string of the molecule is CC(=O)C(c1ccccc1)(c1cccc(C(F)(F)F)c1)n1cncn1. The number of aromatic nitrogens is 3. The number of carbonyl (C=O) groups excluding carboxylic acids is 1. The fraction of sp³-hybridized carbons (Fsp3) is 0.167. The van der Waals surface area contributed by atoms with Crippen LogP contribution in [0.3, 0.4) is 0 Å². The first-order valence-corrected chi connectivity index (χ1v) is 7.46. The number of alkyl halides is 3. The molecule has 1 heterocycles. The van der Waals surface area contributed by atoms with Crippen LogP contribution in [0, 0.1) is 0 Å². The Labute approximate surface area is 141 Å². The third-order valence-corrected chi connectivity index (χ3v) is 4.07. The Balaban J connectivity index is 2.35. The predicted molar refractivity (Wildman–Crippen MR) is 84.8 cm³/mol. The highest BCUT2D eigenvalue weighted by molar-refractivity contribution is 5.91. The number of Topliss-reactive ketones (excluding diaryl/α,β-unsaturated/α-hetero) is 1. The lowest BCUT2D eigenvalue weighted by Crippen LogP contribution is -2.43. The van der Waals surface area contributed by atoms with E-state index in [1.165, 1.54) is 36.4 Å². The van der Waals surface area contributed by atoms with Crippen LogP contribution in [-0.2, 0) is 16.5 Å². The van der Waals surface area contributed by atoms with E-state index in [0.29, 0.717) is 5.56 Å². The van der Waals surface area contributed by atoms with E-state index in [9.17, 15) is 18.0 Å². The van der Waals surface area contributed by atoms with E-state index >= 15 is 0 Å². The highest BCUT2D eigenvalue weighted by Crippen LogP contribution is 2.37. The van der Waals surface area contributed by atoms with Crippen molar-refractivity contribution in [3.63, 3.8) is 0 Å². The normalized spacial score (nSPS) is 14.1. The molecule has 0 saturated carbocycles. The van der Waals surface area contributed by atoms with Crippen molar-refractivity contribution < 1.29 is 18.0 Å². The topological polar surface area (TPSA) is 47.8 Å². The Morgan fingerprint density at radius 3 is 2.16 bits per heavy atom. The van der Waals surface area contributed by atoms with Crippen molar-refractivity contribution in [3.8, 4) is 0 Å². The van der Waals surface area contributed by atoms with Crippen LogP contribution in [-0.4, -0.2) is 20.5 Å². The number of hydrogen-bond donors (Lipinski definition) is 0. The Bertz CT molecular complexity index is 876. The van der Waals surface area contributed by atoms with Gasteiger partial charge in [-0.2, -0.15) is 18.3 Å². The fourth-order valence-corrected chi connectivity index (χ4v) is 2.98. The molecule has 4 nitrogen and oxygen atoms in total. The molecule has 25 heavy (non-hydrogen) atoms. The second-order valence-corrected chi connectivity index (χ2v) is 5.55. The lowest BCUT2D eigenvalue weighted by atomic mass is 9.79. The number of ketones is 1. The number of nitrogens with zero attached hydrogens (tertiary/aromatic N) is 3. The van der Waals surface area contributed by atoms with Gasteiger partial charge < -0.3 is 0 Å². The standard InChI is InChI=1S/C18H14F3N3O/c1-13(25)17(24-12-22-11-23-24,14-6-3-2-4-7-14)15-8-5-9-16(10-15)18(19,20)21/h2-12H,1H3. The predicted octanol–water partition coefficient (Wildman–Crippen LogP) is 3.68. The first-order chi connectivity index (χ1) is 11.9. The molecule has 1 aromatic heterocycles. The van der Waals surface area contributed by atoms with Crippen molar-refractivity contribution in [2.75, 3.05) is 0 Å². The van der Waals surface area contributed by atoms with Crippen LogP contribution in [0.25, 0.3) is 0 Å². The molecule has 1 atom stereocenters. The molecule has 0 radical (unpaired) electrons. The van der Waals surface area contributed by atoms with Crippen molar-refractivity contribution in [1.82, 2.24) is 14.8 Å². The van der Waals surface area contributed by atoms with Crippen molar-refractivity contribution >= 4 is 5.78 Å². The Kier molecular flexibility index (Phi) is 4.16. The van der Waals surface area contributed by atoms with Gasteiger partial charge in [-0.15, -0.1) is 0 Å². The zero-order valence-corrected chi connectivity index (χ0v) is 13.2. The van der Waals surface area contributed by atoms with Crippen LogP contribution in [0.2, 0.25) is 0 Å². The summed E-state index contributed by atoms with van der Waals surface area (Å²) in [5.41, 5.74) is -1.68. The van der Waals surface area contributed by atoms with Gasteiger partial charge in [-0.3, -0.25) is 4.79 Å². The first kappa shape index (κ1) is 16.9. The minimum Gasteiger partial charge on any atom is -0.296 e. The smallest absolute Gasteiger partial charge is 0.296 e. The summed E-state index contributed by atoms with van der Waals surface area (Å²) in [7, 11) is 0. The van der Waals surface area contributed by atoms with Crippen LogP contribution in [0.15, 0.2) is 67.3 Å². The van der Waals surface area contributed by atoms with Gasteiger partial charge in [-0.05, 0) is 30.2 Å². The maximum atomic E-state index is 13.2. The molecular weight excluding hydrogens is 331 g/mol. The molecule has 2 aromatic carbocycles. The summed E-state index contributed by atoms with van der Waals surface area (Å²) < 4.78 is 40.8. The molecule has 0 spiro atoms. The quantitative estimate of drug-likeness (QED) is 0.725. The summed E-state index contributed by atoms with van der Waals surface area (Å²) in [6, 6.07) is 13.3. The molecule has 128 valence electrons. The first-order valence-electron chi connectivity index (χ1n) is 7.46. The lowest BCUT2D eigenvalue weighted by molar-refractivity contribution is -0.137. The molecule has 0 aliphatic carbocycles. The minimum atomic E-state index is -4.52. The van der Waals surface area contributed by atoms with E-state index in [0.717, 1.165) is 12.1 Å². The lowest BCUT2D eigenvalue weighted by Gasteiger charge is -2.33. The van der Waals surface area contributed by atoms with Crippen LogP contribution >= 0.6 is 0 Å². The van der Waals surface area contributed by atoms with E-state index in [4.69, 9.17) is 0 Å². The average Bonchev–Trinajstić information content (AvgIpc) is 3.10. The monoisotopic (exact) mass is 345 g/mol. The third-order valence-electron chi connectivity index (χ3n) is 4.07. The second-order valence-electron chi connectivity index (χ2n) is 5.55. The van der Waals surface area contributed by atoms with Gasteiger partial charge in [-0.1, -0.05) is 42.5 Å². The summed E-state index contributed by atoms with van der Waals surface area (Å²) in [5.74, 6) is -0.372. The average molecular weight is 345 g/mol. The molecule has 0 N–H and O–H groups in total. The van der Waals surface area contributed by atoms with Crippen LogP contribution < -0.4 is 0 Å². The van der Waals surface area contributed by atoms with E-state index < -0.39 is 17.3 Å². The van der Waals surface area contributed by atoms with Crippen molar-refractivity contribution in [2.45, 2.75) is 18.6 Å². The molecule has 3 aromatic rings. The van der Waals surface area contributed by atoms with Crippen molar-refractivity contribution in [2.24, 2.45) is 0 Å². The van der Waals surface area contributed by atoms with Crippen molar-refractivity contribution in [3.05, 3.63) is 83.9 Å². The van der Waals surface area contributed by atoms with Crippen LogP contribution in [0.4, 0.5) is 13.2 Å². The van der Waals surface area contributed by atoms with E-state index in [-0.39, 0.29) is 11.3 Å². The number of halogens is 3. The van der Waals surface area contributed by atoms with Crippen molar-refractivity contribution in [1.29, 1.82) is 0 Å². The van der Waals surface area contributed by atoms with E-state index in [1.807, 2.05) is 0 Å². The van der Waals surface area contributed by atoms with Gasteiger partial charge in [-0.25, -0.2) is 9.67 Å². The molecular formula is C18H14F3N3O. The van der Waals surface area contributed by atoms with Gasteiger partial charge in [0.1, 0.15) is 12.7 Å². The van der Waals surface area contributed by atoms with Gasteiger partial charge in [0.15, 0.2) is 11.3 Å². The van der Waals surface area contributed by atoms with Gasteiger partial charge in [0.05, 0.1) is 5.56 Å². The van der Waals surface area contributed by atoms with E-state index in [1.54, 1.807) is 30.3 Å². The zero-order valence-electron chi connectivity index (χ0n) is 13.2. The molecule has 0 bridgehead atoms. The largest absolute Gasteiger partial charge is 0.416 e. The number of rotatable bonds is 4. The molecule has 0 saturated heterocycles.